The van der Waals surface area contributed by atoms with Gasteiger partial charge in [0.2, 0.25) is 0 Å². The minimum atomic E-state index is -1.74. The third kappa shape index (κ3) is 1.60. The van der Waals surface area contributed by atoms with Gasteiger partial charge in [-0.15, -0.1) is 11.6 Å². The molecule has 0 aliphatic heterocycles. The van der Waals surface area contributed by atoms with Gasteiger partial charge in [-0.1, -0.05) is 15.9 Å². The van der Waals surface area contributed by atoms with Crippen LogP contribution < -0.4 is 11.5 Å². The van der Waals surface area contributed by atoms with Gasteiger partial charge >= 0.3 is 0 Å². The van der Waals surface area contributed by atoms with E-state index in [0.717, 1.165) is 0 Å². The van der Waals surface area contributed by atoms with Gasteiger partial charge in [0.25, 0.3) is 0 Å². The molecule has 12 heavy (non-hydrogen) atoms. The molecule has 0 spiro atoms. The molecule has 0 radical (unpaired) electrons. The molecule has 6 heteroatoms. The lowest BCUT2D eigenvalue weighted by Gasteiger charge is -2.38. The second kappa shape index (κ2) is 3.74. The summed E-state index contributed by atoms with van der Waals surface area (Å²) in [5, 5.41) is -1.04. The van der Waals surface area contributed by atoms with E-state index in [9.17, 15) is 8.78 Å². The highest BCUT2D eigenvalue weighted by molar-refractivity contribution is 9.09. The van der Waals surface area contributed by atoms with E-state index < -0.39 is 34.6 Å². The summed E-state index contributed by atoms with van der Waals surface area (Å²) in [6.45, 7) is 0. The maximum Gasteiger partial charge on any atom is 0.150 e. The van der Waals surface area contributed by atoms with Crippen LogP contribution in [0.15, 0.2) is 0 Å². The lowest BCUT2D eigenvalue weighted by molar-refractivity contribution is 0.111. The molecule has 72 valence electrons. The average Bonchev–Trinajstić information content (AvgIpc) is 2.08. The average molecular weight is 264 g/mol. The van der Waals surface area contributed by atoms with Gasteiger partial charge in [0.05, 0.1) is 10.2 Å². The van der Waals surface area contributed by atoms with E-state index in [1.165, 1.54) is 0 Å². The Morgan fingerprint density at radius 3 is 2.08 bits per heavy atom. The first kappa shape index (κ1) is 10.6. The maximum atomic E-state index is 13.0. The van der Waals surface area contributed by atoms with Crippen molar-refractivity contribution >= 4 is 27.5 Å². The lowest BCUT2D eigenvalue weighted by atomic mass is 9.88. The largest absolute Gasteiger partial charge is 0.325 e. The molecule has 0 amide bonds. The van der Waals surface area contributed by atoms with Crippen LogP contribution in [0, 0.1) is 0 Å². The Bertz CT molecular complexity index is 115. The van der Waals surface area contributed by atoms with Gasteiger partial charge < -0.3 is 11.5 Å². The zero-order valence-electron chi connectivity index (χ0n) is 6.13. The zero-order valence-corrected chi connectivity index (χ0v) is 8.47. The molecule has 1 rings (SSSR count). The van der Waals surface area contributed by atoms with E-state index in [1.807, 2.05) is 0 Å². The molecule has 6 atom stereocenters. The van der Waals surface area contributed by atoms with Gasteiger partial charge in [-0.25, -0.2) is 8.78 Å². The molecule has 2 nitrogen and oxygen atoms in total. The minimum Gasteiger partial charge on any atom is -0.325 e. The highest BCUT2D eigenvalue weighted by atomic mass is 79.9. The zero-order chi connectivity index (χ0) is 9.46. The molecule has 0 aromatic heterocycles. The van der Waals surface area contributed by atoms with Crippen LogP contribution in [-0.2, 0) is 0 Å². The van der Waals surface area contributed by atoms with E-state index in [-0.39, 0.29) is 0 Å². The van der Waals surface area contributed by atoms with Crippen LogP contribution in [0.4, 0.5) is 8.78 Å². The number of hydrogen-bond donors (Lipinski definition) is 2. The quantitative estimate of drug-likeness (QED) is 0.632. The molecule has 1 aliphatic carbocycles. The number of alkyl halides is 4. The summed E-state index contributed by atoms with van der Waals surface area (Å²) in [7, 11) is 0. The lowest BCUT2D eigenvalue weighted by Crippen LogP contribution is -2.63. The maximum absolute atomic E-state index is 13.0. The van der Waals surface area contributed by atoms with Crippen molar-refractivity contribution in [2.45, 2.75) is 34.6 Å². The Hall–Kier alpha value is 0.550. The molecule has 0 saturated heterocycles. The van der Waals surface area contributed by atoms with Crippen molar-refractivity contribution in [3.8, 4) is 0 Å². The van der Waals surface area contributed by atoms with Crippen LogP contribution in [0.2, 0.25) is 0 Å². The Morgan fingerprint density at radius 2 is 1.58 bits per heavy atom. The number of rotatable bonds is 0. The van der Waals surface area contributed by atoms with Crippen molar-refractivity contribution in [2.24, 2.45) is 11.5 Å². The summed E-state index contributed by atoms with van der Waals surface area (Å²) in [5.74, 6) is 0. The third-order valence-corrected chi connectivity index (χ3v) is 3.74. The molecule has 1 fully saturated rings. The molecule has 0 heterocycles. The first-order chi connectivity index (χ1) is 5.46. The van der Waals surface area contributed by atoms with Crippen LogP contribution in [0.3, 0.4) is 0 Å². The molecule has 1 saturated carbocycles. The molecule has 0 aromatic carbocycles. The van der Waals surface area contributed by atoms with Crippen molar-refractivity contribution in [3.05, 3.63) is 0 Å². The normalized spacial score (nSPS) is 55.5. The molecule has 6 unspecified atom stereocenters. The van der Waals surface area contributed by atoms with E-state index >= 15 is 0 Å². The summed E-state index contributed by atoms with van der Waals surface area (Å²) in [5.41, 5.74) is 11.0. The monoisotopic (exact) mass is 262 g/mol. The Balaban J connectivity index is 2.76. The van der Waals surface area contributed by atoms with Crippen molar-refractivity contribution in [3.63, 3.8) is 0 Å². The molecule has 1 aliphatic rings. The van der Waals surface area contributed by atoms with Gasteiger partial charge in [-0.2, -0.15) is 0 Å². The van der Waals surface area contributed by atoms with E-state index in [2.05, 4.69) is 15.9 Å². The fourth-order valence-electron chi connectivity index (χ4n) is 1.20. The summed E-state index contributed by atoms with van der Waals surface area (Å²) in [6, 6.07) is -1.35. The van der Waals surface area contributed by atoms with E-state index in [1.54, 1.807) is 0 Å². The van der Waals surface area contributed by atoms with Gasteiger partial charge in [0.15, 0.2) is 6.17 Å². The van der Waals surface area contributed by atoms with Crippen molar-refractivity contribution in [1.82, 2.24) is 0 Å². The van der Waals surface area contributed by atoms with Crippen molar-refractivity contribution in [1.29, 1.82) is 0 Å². The highest BCUT2D eigenvalue weighted by Crippen LogP contribution is 2.31. The molecular weight excluding hydrogens is 253 g/mol. The van der Waals surface area contributed by atoms with Crippen LogP contribution >= 0.6 is 27.5 Å². The SMILES string of the molecule is NC1C(N)C(Br)C(F)C(F)C1Cl. The van der Waals surface area contributed by atoms with Crippen LogP contribution in [0.1, 0.15) is 0 Å². The minimum absolute atomic E-state index is 0.644. The van der Waals surface area contributed by atoms with Crippen molar-refractivity contribution < 1.29 is 8.78 Å². The van der Waals surface area contributed by atoms with Crippen LogP contribution in [0.25, 0.3) is 0 Å². The second-order valence-electron chi connectivity index (χ2n) is 2.93. The topological polar surface area (TPSA) is 52.0 Å². The highest BCUT2D eigenvalue weighted by Gasteiger charge is 2.47. The number of halogens is 4. The number of nitrogens with two attached hydrogens (primary N) is 2. The summed E-state index contributed by atoms with van der Waals surface area (Å²) in [6.07, 6.45) is -3.42. The molecule has 0 aromatic rings. The summed E-state index contributed by atoms with van der Waals surface area (Å²) < 4.78 is 26.0. The Kier molecular flexibility index (Phi) is 3.31. The fourth-order valence-corrected chi connectivity index (χ4v) is 2.15. The number of hydrogen-bond acceptors (Lipinski definition) is 2. The smallest absolute Gasteiger partial charge is 0.150 e. The fraction of sp³-hybridized carbons (Fsp3) is 1.00. The van der Waals surface area contributed by atoms with Gasteiger partial charge in [0, 0.05) is 12.1 Å². The van der Waals surface area contributed by atoms with E-state index in [4.69, 9.17) is 23.1 Å². The predicted octanol–water partition coefficient (Wildman–Crippen LogP) is 0.702. The Labute approximate surface area is 82.7 Å². The standard InChI is InChI=1S/C6H10BrClF2N2/c7-1-3(9)4(10)2(8)6(12)5(1)11/h1-6H,11-12H2. The second-order valence-corrected chi connectivity index (χ2v) is 4.49. The predicted molar refractivity (Wildman–Crippen MR) is 48.1 cm³/mol. The van der Waals surface area contributed by atoms with Gasteiger partial charge in [0.1, 0.15) is 6.17 Å². The Morgan fingerprint density at radius 1 is 1.08 bits per heavy atom. The summed E-state index contributed by atoms with van der Waals surface area (Å²) in [4.78, 5) is -0.752. The third-order valence-electron chi connectivity index (χ3n) is 2.09. The van der Waals surface area contributed by atoms with Crippen molar-refractivity contribution in [2.75, 3.05) is 0 Å². The molecule has 4 N–H and O–H groups in total. The van der Waals surface area contributed by atoms with E-state index in [0.29, 0.717) is 0 Å². The van der Waals surface area contributed by atoms with Gasteiger partial charge in [-0.3, -0.25) is 0 Å². The van der Waals surface area contributed by atoms with Gasteiger partial charge in [-0.05, 0) is 0 Å². The van der Waals surface area contributed by atoms with Crippen LogP contribution in [-0.4, -0.2) is 34.6 Å². The first-order valence-electron chi connectivity index (χ1n) is 3.54. The summed E-state index contributed by atoms with van der Waals surface area (Å²) >= 11 is 8.48. The first-order valence-corrected chi connectivity index (χ1v) is 4.89. The van der Waals surface area contributed by atoms with Crippen LogP contribution in [0.5, 0.6) is 0 Å². The molecule has 0 bridgehead atoms. The molecular formula is C6H10BrClF2N2.